The third-order valence-electron chi connectivity index (χ3n) is 2.41. The first kappa shape index (κ1) is 11.2. The van der Waals surface area contributed by atoms with E-state index in [4.69, 9.17) is 0 Å². The van der Waals surface area contributed by atoms with Crippen LogP contribution < -0.4 is 5.43 Å². The number of hydrogen-bond donors (Lipinski definition) is 1. The highest BCUT2D eigenvalue weighted by Gasteiger charge is 2.03. The fraction of sp³-hybridized carbons (Fsp3) is 0.500. The fourth-order valence-corrected chi connectivity index (χ4v) is 1.73. The van der Waals surface area contributed by atoms with Crippen LogP contribution in [0.3, 0.4) is 0 Å². The highest BCUT2D eigenvalue weighted by Crippen LogP contribution is 2.15. The van der Waals surface area contributed by atoms with Gasteiger partial charge in [0.1, 0.15) is 0 Å². The number of aryl methyl sites for hydroxylation is 3. The SMILES string of the molecule is Cc1cc(C)c(CNN(C)C)c(C)c1. The minimum absolute atomic E-state index is 0.908. The number of nitrogens with zero attached hydrogens (tertiary/aromatic N) is 1. The van der Waals surface area contributed by atoms with Gasteiger partial charge in [0, 0.05) is 20.6 Å². The average molecular weight is 192 g/mol. The third-order valence-corrected chi connectivity index (χ3v) is 2.41. The molecule has 1 rings (SSSR count). The summed E-state index contributed by atoms with van der Waals surface area (Å²) in [5.41, 5.74) is 8.79. The van der Waals surface area contributed by atoms with Crippen LogP contribution in [0.25, 0.3) is 0 Å². The molecule has 78 valence electrons. The summed E-state index contributed by atoms with van der Waals surface area (Å²) in [6, 6.07) is 4.47. The Bertz CT molecular complexity index is 293. The predicted molar refractivity (Wildman–Crippen MR) is 61.2 cm³/mol. The normalized spacial score (nSPS) is 11.0. The Kier molecular flexibility index (Phi) is 3.67. The number of nitrogens with one attached hydrogen (secondary N) is 1. The second-order valence-corrected chi connectivity index (χ2v) is 4.11. The molecule has 0 radical (unpaired) electrons. The topological polar surface area (TPSA) is 15.3 Å². The van der Waals surface area contributed by atoms with E-state index in [1.165, 1.54) is 22.3 Å². The Balaban J connectivity index is 2.86. The van der Waals surface area contributed by atoms with Crippen molar-refractivity contribution in [3.8, 4) is 0 Å². The molecule has 0 unspecified atom stereocenters. The molecule has 0 bridgehead atoms. The molecule has 0 aliphatic carbocycles. The van der Waals surface area contributed by atoms with Gasteiger partial charge in [0.25, 0.3) is 0 Å². The predicted octanol–water partition coefficient (Wildman–Crippen LogP) is 2.18. The minimum Gasteiger partial charge on any atom is -0.251 e. The van der Waals surface area contributed by atoms with E-state index in [1.807, 2.05) is 19.1 Å². The summed E-state index contributed by atoms with van der Waals surface area (Å²) >= 11 is 0. The summed E-state index contributed by atoms with van der Waals surface area (Å²) in [4.78, 5) is 0. The second kappa shape index (κ2) is 4.58. The molecule has 0 aliphatic rings. The van der Waals surface area contributed by atoms with Crippen LogP contribution in [-0.4, -0.2) is 19.1 Å². The fourth-order valence-electron chi connectivity index (χ4n) is 1.73. The van der Waals surface area contributed by atoms with Gasteiger partial charge in [-0.05, 0) is 37.5 Å². The van der Waals surface area contributed by atoms with Gasteiger partial charge >= 0.3 is 0 Å². The van der Waals surface area contributed by atoms with Crippen LogP contribution >= 0.6 is 0 Å². The molecule has 1 aromatic carbocycles. The standard InChI is InChI=1S/C12H20N2/c1-9-6-10(2)12(11(3)7-9)8-13-14(4)5/h6-7,13H,8H2,1-5H3. The molecule has 0 aromatic heterocycles. The molecule has 0 amide bonds. The highest BCUT2D eigenvalue weighted by atomic mass is 15.5. The van der Waals surface area contributed by atoms with Crippen molar-refractivity contribution in [3.05, 3.63) is 34.4 Å². The van der Waals surface area contributed by atoms with Crippen molar-refractivity contribution in [3.63, 3.8) is 0 Å². The van der Waals surface area contributed by atoms with Gasteiger partial charge < -0.3 is 0 Å². The smallest absolute Gasteiger partial charge is 0.0358 e. The number of hydrogen-bond acceptors (Lipinski definition) is 2. The lowest BCUT2D eigenvalue weighted by Gasteiger charge is -2.16. The van der Waals surface area contributed by atoms with Gasteiger partial charge in [0.15, 0.2) is 0 Å². The van der Waals surface area contributed by atoms with E-state index in [1.54, 1.807) is 0 Å². The van der Waals surface area contributed by atoms with E-state index in [0.29, 0.717) is 0 Å². The Morgan fingerprint density at radius 2 is 1.57 bits per heavy atom. The van der Waals surface area contributed by atoms with Crippen LogP contribution in [-0.2, 0) is 6.54 Å². The number of benzene rings is 1. The van der Waals surface area contributed by atoms with E-state index < -0.39 is 0 Å². The summed E-state index contributed by atoms with van der Waals surface area (Å²) in [6.45, 7) is 7.40. The number of rotatable bonds is 3. The van der Waals surface area contributed by atoms with Crippen molar-refractivity contribution < 1.29 is 0 Å². The first-order chi connectivity index (χ1) is 6.50. The molecule has 1 aromatic rings. The van der Waals surface area contributed by atoms with E-state index in [0.717, 1.165) is 6.54 Å². The zero-order valence-corrected chi connectivity index (χ0v) is 9.81. The van der Waals surface area contributed by atoms with Gasteiger partial charge in [-0.2, -0.15) is 0 Å². The first-order valence-corrected chi connectivity index (χ1v) is 4.98. The molecule has 0 aliphatic heterocycles. The summed E-state index contributed by atoms with van der Waals surface area (Å²) in [5.74, 6) is 0. The van der Waals surface area contributed by atoms with Gasteiger partial charge in [-0.15, -0.1) is 0 Å². The van der Waals surface area contributed by atoms with Crippen LogP contribution in [0.5, 0.6) is 0 Å². The molecule has 0 atom stereocenters. The lowest BCUT2D eigenvalue weighted by Crippen LogP contribution is -2.30. The highest BCUT2D eigenvalue weighted by molar-refractivity contribution is 5.37. The van der Waals surface area contributed by atoms with Gasteiger partial charge in [-0.3, -0.25) is 10.4 Å². The van der Waals surface area contributed by atoms with Crippen LogP contribution in [0.2, 0.25) is 0 Å². The summed E-state index contributed by atoms with van der Waals surface area (Å²) in [5, 5.41) is 1.98. The molecule has 14 heavy (non-hydrogen) atoms. The molecule has 0 saturated heterocycles. The van der Waals surface area contributed by atoms with Crippen LogP contribution in [0.4, 0.5) is 0 Å². The van der Waals surface area contributed by atoms with E-state index in [2.05, 4.69) is 38.3 Å². The summed E-state index contributed by atoms with van der Waals surface area (Å²) < 4.78 is 0. The maximum Gasteiger partial charge on any atom is 0.0358 e. The summed E-state index contributed by atoms with van der Waals surface area (Å²) in [6.07, 6.45) is 0. The van der Waals surface area contributed by atoms with Crippen molar-refractivity contribution in [2.24, 2.45) is 0 Å². The summed E-state index contributed by atoms with van der Waals surface area (Å²) in [7, 11) is 4.03. The van der Waals surface area contributed by atoms with Gasteiger partial charge in [-0.25, -0.2) is 0 Å². The Morgan fingerprint density at radius 3 is 2.00 bits per heavy atom. The van der Waals surface area contributed by atoms with E-state index in [9.17, 15) is 0 Å². The zero-order chi connectivity index (χ0) is 10.7. The molecular formula is C12H20N2. The number of hydrazine groups is 1. The molecular weight excluding hydrogens is 172 g/mol. The van der Waals surface area contributed by atoms with E-state index >= 15 is 0 Å². The molecule has 0 heterocycles. The van der Waals surface area contributed by atoms with Crippen molar-refractivity contribution in [2.75, 3.05) is 14.1 Å². The van der Waals surface area contributed by atoms with Crippen molar-refractivity contribution in [2.45, 2.75) is 27.3 Å². The van der Waals surface area contributed by atoms with Crippen molar-refractivity contribution >= 4 is 0 Å². The van der Waals surface area contributed by atoms with Crippen LogP contribution in [0.1, 0.15) is 22.3 Å². The largest absolute Gasteiger partial charge is 0.251 e. The molecule has 2 nitrogen and oxygen atoms in total. The lowest BCUT2D eigenvalue weighted by molar-refractivity contribution is 0.285. The second-order valence-electron chi connectivity index (χ2n) is 4.11. The molecule has 0 spiro atoms. The Morgan fingerprint density at radius 1 is 1.07 bits per heavy atom. The van der Waals surface area contributed by atoms with Crippen LogP contribution in [0.15, 0.2) is 12.1 Å². The van der Waals surface area contributed by atoms with Crippen molar-refractivity contribution in [1.82, 2.24) is 10.4 Å². The Hall–Kier alpha value is -0.860. The van der Waals surface area contributed by atoms with E-state index in [-0.39, 0.29) is 0 Å². The van der Waals surface area contributed by atoms with Gasteiger partial charge in [0.2, 0.25) is 0 Å². The third kappa shape index (κ3) is 2.82. The maximum absolute atomic E-state index is 3.30. The quantitative estimate of drug-likeness (QED) is 0.738. The van der Waals surface area contributed by atoms with Gasteiger partial charge in [0.05, 0.1) is 0 Å². The average Bonchev–Trinajstić information content (AvgIpc) is 2.01. The molecule has 0 saturated carbocycles. The maximum atomic E-state index is 3.30. The minimum atomic E-state index is 0.908. The molecule has 2 heteroatoms. The molecule has 1 N–H and O–H groups in total. The zero-order valence-electron chi connectivity index (χ0n) is 9.81. The Labute approximate surface area is 86.9 Å². The first-order valence-electron chi connectivity index (χ1n) is 4.98. The van der Waals surface area contributed by atoms with Crippen molar-refractivity contribution in [1.29, 1.82) is 0 Å². The van der Waals surface area contributed by atoms with Gasteiger partial charge in [-0.1, -0.05) is 17.7 Å². The molecule has 0 fully saturated rings. The van der Waals surface area contributed by atoms with Crippen LogP contribution in [0, 0.1) is 20.8 Å². The monoisotopic (exact) mass is 192 g/mol. The lowest BCUT2D eigenvalue weighted by atomic mass is 10.00.